The maximum atomic E-state index is 12.9. The van der Waals surface area contributed by atoms with Crippen molar-refractivity contribution < 1.29 is 14.0 Å². The molecule has 0 saturated heterocycles. The van der Waals surface area contributed by atoms with Gasteiger partial charge in [0.15, 0.2) is 0 Å². The van der Waals surface area contributed by atoms with Crippen LogP contribution in [-0.2, 0) is 4.79 Å². The number of halogens is 1. The van der Waals surface area contributed by atoms with Gasteiger partial charge in [-0.05, 0) is 35.4 Å². The minimum atomic E-state index is -0.446. The number of rotatable bonds is 1. The number of carbonyl (C=O) groups excluding carboxylic acids is 2. The molecule has 3 rings (SSSR count). The highest BCUT2D eigenvalue weighted by molar-refractivity contribution is 6.33. The van der Waals surface area contributed by atoms with Crippen molar-refractivity contribution in [3.05, 3.63) is 71.0 Å². The van der Waals surface area contributed by atoms with Crippen LogP contribution in [0.25, 0.3) is 11.6 Å². The predicted molar refractivity (Wildman–Crippen MR) is 73.2 cm³/mol. The van der Waals surface area contributed by atoms with Gasteiger partial charge in [-0.25, -0.2) is 4.39 Å². The van der Waals surface area contributed by atoms with Crippen LogP contribution in [0.4, 0.5) is 4.39 Å². The quantitative estimate of drug-likeness (QED) is 0.637. The molecule has 1 aliphatic rings. The summed E-state index contributed by atoms with van der Waals surface area (Å²) in [6.07, 6.45) is 1.64. The fourth-order valence-corrected chi connectivity index (χ4v) is 2.15. The summed E-state index contributed by atoms with van der Waals surface area (Å²) < 4.78 is 12.9. The van der Waals surface area contributed by atoms with Crippen LogP contribution in [0.3, 0.4) is 0 Å². The lowest BCUT2D eigenvalue weighted by molar-refractivity contribution is -0.114. The number of hydrogen-bond donors (Lipinski definition) is 1. The topological polar surface area (TPSA) is 46.2 Å². The number of hydrogen-bond acceptors (Lipinski definition) is 2. The molecule has 0 aromatic heterocycles. The SMILES string of the molecule is O=C1NC(=O)c2ccccc2/C1=C/c1ccc(F)cc1. The maximum Gasteiger partial charge on any atom is 0.258 e. The van der Waals surface area contributed by atoms with Gasteiger partial charge in [0.25, 0.3) is 11.8 Å². The van der Waals surface area contributed by atoms with Gasteiger partial charge in [-0.2, -0.15) is 0 Å². The first-order chi connectivity index (χ1) is 9.65. The summed E-state index contributed by atoms with van der Waals surface area (Å²) in [6, 6.07) is 12.7. The Kier molecular flexibility index (Phi) is 2.91. The third-order valence-electron chi connectivity index (χ3n) is 3.11. The second kappa shape index (κ2) is 4.74. The lowest BCUT2D eigenvalue weighted by Gasteiger charge is -2.17. The van der Waals surface area contributed by atoms with E-state index in [0.29, 0.717) is 22.3 Å². The molecule has 4 heteroatoms. The molecule has 2 amide bonds. The fraction of sp³-hybridized carbons (Fsp3) is 0. The van der Waals surface area contributed by atoms with Crippen LogP contribution in [0, 0.1) is 5.82 Å². The summed E-state index contributed by atoms with van der Waals surface area (Å²) >= 11 is 0. The van der Waals surface area contributed by atoms with Gasteiger partial charge in [-0.3, -0.25) is 14.9 Å². The number of carbonyl (C=O) groups is 2. The Hall–Kier alpha value is -2.75. The van der Waals surface area contributed by atoms with Gasteiger partial charge < -0.3 is 0 Å². The highest BCUT2D eigenvalue weighted by Gasteiger charge is 2.26. The molecule has 2 aromatic rings. The lowest BCUT2D eigenvalue weighted by Crippen LogP contribution is -2.36. The largest absolute Gasteiger partial charge is 0.288 e. The molecule has 0 bridgehead atoms. The van der Waals surface area contributed by atoms with Crippen molar-refractivity contribution in [2.75, 3.05) is 0 Å². The van der Waals surface area contributed by atoms with E-state index in [9.17, 15) is 14.0 Å². The minimum Gasteiger partial charge on any atom is -0.288 e. The van der Waals surface area contributed by atoms with Gasteiger partial charge in [0.1, 0.15) is 5.82 Å². The molecule has 1 aliphatic heterocycles. The van der Waals surface area contributed by atoms with E-state index in [1.807, 2.05) is 0 Å². The van der Waals surface area contributed by atoms with Crippen LogP contribution in [0.2, 0.25) is 0 Å². The van der Waals surface area contributed by atoms with Crippen molar-refractivity contribution in [3.63, 3.8) is 0 Å². The van der Waals surface area contributed by atoms with E-state index in [4.69, 9.17) is 0 Å². The summed E-state index contributed by atoms with van der Waals surface area (Å²) in [5.41, 5.74) is 2.14. The van der Waals surface area contributed by atoms with E-state index in [1.54, 1.807) is 42.5 Å². The molecule has 98 valence electrons. The first-order valence-corrected chi connectivity index (χ1v) is 6.07. The highest BCUT2D eigenvalue weighted by atomic mass is 19.1. The van der Waals surface area contributed by atoms with E-state index in [2.05, 4.69) is 5.32 Å². The Morgan fingerprint density at radius 1 is 0.850 bits per heavy atom. The number of benzene rings is 2. The van der Waals surface area contributed by atoms with Crippen LogP contribution in [0.5, 0.6) is 0 Å². The van der Waals surface area contributed by atoms with Crippen molar-refractivity contribution in [2.45, 2.75) is 0 Å². The number of imide groups is 1. The van der Waals surface area contributed by atoms with Crippen LogP contribution in [-0.4, -0.2) is 11.8 Å². The van der Waals surface area contributed by atoms with Crippen LogP contribution < -0.4 is 5.32 Å². The Labute approximate surface area is 114 Å². The van der Waals surface area contributed by atoms with Gasteiger partial charge in [0.2, 0.25) is 0 Å². The van der Waals surface area contributed by atoms with E-state index in [-0.39, 0.29) is 5.82 Å². The molecule has 1 N–H and O–H groups in total. The van der Waals surface area contributed by atoms with E-state index in [1.165, 1.54) is 12.1 Å². The Morgan fingerprint density at radius 3 is 2.20 bits per heavy atom. The van der Waals surface area contributed by atoms with Crippen molar-refractivity contribution in [3.8, 4) is 0 Å². The molecule has 3 nitrogen and oxygen atoms in total. The predicted octanol–water partition coefficient (Wildman–Crippen LogP) is 2.64. The third-order valence-corrected chi connectivity index (χ3v) is 3.11. The summed E-state index contributed by atoms with van der Waals surface area (Å²) in [4.78, 5) is 23.7. The van der Waals surface area contributed by atoms with Gasteiger partial charge >= 0.3 is 0 Å². The molecule has 2 aromatic carbocycles. The fourth-order valence-electron chi connectivity index (χ4n) is 2.15. The first-order valence-electron chi connectivity index (χ1n) is 6.07. The summed E-state index contributed by atoms with van der Waals surface area (Å²) in [5.74, 6) is -1.18. The zero-order valence-electron chi connectivity index (χ0n) is 10.4. The zero-order valence-corrected chi connectivity index (χ0v) is 10.4. The molecular weight excluding hydrogens is 257 g/mol. The van der Waals surface area contributed by atoms with E-state index in [0.717, 1.165) is 0 Å². The lowest BCUT2D eigenvalue weighted by atomic mass is 9.93. The van der Waals surface area contributed by atoms with Crippen molar-refractivity contribution in [1.82, 2.24) is 5.32 Å². The van der Waals surface area contributed by atoms with Gasteiger partial charge in [0.05, 0.1) is 0 Å². The smallest absolute Gasteiger partial charge is 0.258 e. The van der Waals surface area contributed by atoms with Gasteiger partial charge in [0, 0.05) is 11.1 Å². The van der Waals surface area contributed by atoms with Crippen molar-refractivity contribution >= 4 is 23.5 Å². The summed E-state index contributed by atoms with van der Waals surface area (Å²) in [7, 11) is 0. The molecule has 0 spiro atoms. The molecular formula is C16H10FNO2. The van der Waals surface area contributed by atoms with Crippen LogP contribution >= 0.6 is 0 Å². The average Bonchev–Trinajstić information content (AvgIpc) is 2.45. The minimum absolute atomic E-state index is 0.337. The Morgan fingerprint density at radius 2 is 1.50 bits per heavy atom. The monoisotopic (exact) mass is 267 g/mol. The number of fused-ring (bicyclic) bond motifs is 1. The second-order valence-corrected chi connectivity index (χ2v) is 4.44. The molecule has 0 aliphatic carbocycles. The Bertz CT molecular complexity index is 732. The molecule has 0 radical (unpaired) electrons. The first kappa shape index (κ1) is 12.3. The summed E-state index contributed by atoms with van der Waals surface area (Å²) in [5, 5.41) is 2.30. The number of amides is 2. The average molecular weight is 267 g/mol. The number of nitrogens with one attached hydrogen (secondary N) is 1. The maximum absolute atomic E-state index is 12.9. The summed E-state index contributed by atoms with van der Waals surface area (Å²) in [6.45, 7) is 0. The highest BCUT2D eigenvalue weighted by Crippen LogP contribution is 2.25. The van der Waals surface area contributed by atoms with Crippen molar-refractivity contribution in [1.29, 1.82) is 0 Å². The van der Waals surface area contributed by atoms with Gasteiger partial charge in [-0.15, -0.1) is 0 Å². The van der Waals surface area contributed by atoms with Crippen LogP contribution in [0.1, 0.15) is 21.5 Å². The molecule has 20 heavy (non-hydrogen) atoms. The van der Waals surface area contributed by atoms with Crippen molar-refractivity contribution in [2.24, 2.45) is 0 Å². The van der Waals surface area contributed by atoms with E-state index >= 15 is 0 Å². The molecule has 0 fully saturated rings. The van der Waals surface area contributed by atoms with Gasteiger partial charge in [-0.1, -0.05) is 30.3 Å². The molecule has 1 heterocycles. The Balaban J connectivity index is 2.13. The van der Waals surface area contributed by atoms with Crippen LogP contribution in [0.15, 0.2) is 48.5 Å². The second-order valence-electron chi connectivity index (χ2n) is 4.44. The zero-order chi connectivity index (χ0) is 14.1. The molecule has 0 atom stereocenters. The van der Waals surface area contributed by atoms with E-state index < -0.39 is 11.8 Å². The third kappa shape index (κ3) is 2.12. The molecule has 0 saturated carbocycles. The molecule has 0 unspecified atom stereocenters. The normalized spacial score (nSPS) is 15.9. The standard InChI is InChI=1S/C16H10FNO2/c17-11-7-5-10(6-8-11)9-14-12-3-1-2-4-13(12)15(19)18-16(14)20/h1-9H,(H,18,19,20)/b14-9-.